The third-order valence-electron chi connectivity index (χ3n) is 8.00. The zero-order chi connectivity index (χ0) is 32.3. The predicted molar refractivity (Wildman–Crippen MR) is 159 cm³/mol. The maximum atomic E-state index is 13.4. The van der Waals surface area contributed by atoms with Crippen LogP contribution in [-0.2, 0) is 10.9 Å². The number of alkyl halides is 6. The molecule has 2 aliphatic rings. The fourth-order valence-electron chi connectivity index (χ4n) is 5.85. The number of halogens is 6. The van der Waals surface area contributed by atoms with Gasteiger partial charge in [0.15, 0.2) is 37.7 Å². The van der Waals surface area contributed by atoms with Gasteiger partial charge in [-0.25, -0.2) is 0 Å². The molecule has 0 aliphatic heterocycles. The molecule has 2 saturated carbocycles. The van der Waals surface area contributed by atoms with Gasteiger partial charge in [-0.2, -0.15) is 0 Å². The molecule has 0 amide bonds. The second-order valence-electron chi connectivity index (χ2n) is 11.1. The molecular weight excluding hydrogens is 618 g/mol. The largest absolute Gasteiger partial charge is 0.573 e. The highest BCUT2D eigenvalue weighted by Crippen LogP contribution is 2.46. The highest BCUT2D eigenvalue weighted by molar-refractivity contribution is 7.97. The summed E-state index contributed by atoms with van der Waals surface area (Å²) in [7, 11) is -1.02. The van der Waals surface area contributed by atoms with E-state index >= 15 is 0 Å². The maximum Gasteiger partial charge on any atom is 0.573 e. The van der Waals surface area contributed by atoms with Crippen LogP contribution in [0.5, 0.6) is 23.0 Å². The first-order chi connectivity index (χ1) is 21.3. The lowest BCUT2D eigenvalue weighted by atomic mass is 10.0. The van der Waals surface area contributed by atoms with Crippen LogP contribution in [0.15, 0.2) is 107 Å². The van der Waals surface area contributed by atoms with E-state index in [-0.39, 0.29) is 11.5 Å². The summed E-state index contributed by atoms with van der Waals surface area (Å²) in [6.07, 6.45) is -1.02. The average Bonchev–Trinajstić information content (AvgIpc) is 3.66. The van der Waals surface area contributed by atoms with E-state index in [2.05, 4.69) is 22.6 Å². The Balaban J connectivity index is 1.64. The first kappa shape index (κ1) is 32.7. The SMILES string of the molecule is C=CC1(Oc2cc([S+](c3ccccc3)c3ccc(OC(F)(F)F)c(OC4(C=C)CCCC4)c3)ccc2OC(F)(F)F)CCCC1. The molecule has 2 fully saturated rings. The van der Waals surface area contributed by atoms with Gasteiger partial charge in [-0.05, 0) is 99.9 Å². The highest BCUT2D eigenvalue weighted by Gasteiger charge is 2.41. The fourth-order valence-corrected chi connectivity index (χ4v) is 7.96. The molecule has 4 nitrogen and oxygen atoms in total. The molecule has 45 heavy (non-hydrogen) atoms. The number of ether oxygens (including phenoxy) is 4. The Bertz CT molecular complexity index is 1400. The molecule has 0 unspecified atom stereocenters. The van der Waals surface area contributed by atoms with E-state index in [1.54, 1.807) is 12.2 Å². The van der Waals surface area contributed by atoms with Gasteiger partial charge in [0, 0.05) is 12.1 Å². The van der Waals surface area contributed by atoms with Crippen LogP contribution in [0.3, 0.4) is 0 Å². The van der Waals surface area contributed by atoms with Crippen molar-refractivity contribution in [2.75, 3.05) is 0 Å². The molecule has 0 saturated heterocycles. The molecule has 0 radical (unpaired) electrons. The summed E-state index contributed by atoms with van der Waals surface area (Å²) in [4.78, 5) is 1.87. The van der Waals surface area contributed by atoms with Crippen molar-refractivity contribution in [2.24, 2.45) is 0 Å². The monoisotopic (exact) mass is 651 g/mol. The van der Waals surface area contributed by atoms with Crippen molar-refractivity contribution < 1.29 is 45.3 Å². The smallest absolute Gasteiger partial charge is 0.479 e. The lowest BCUT2D eigenvalue weighted by Gasteiger charge is -2.28. The number of benzene rings is 3. The van der Waals surface area contributed by atoms with Gasteiger partial charge in [0.05, 0.1) is 10.9 Å². The molecular formula is C34H33F6O4S+. The minimum atomic E-state index is -4.96. The number of hydrogen-bond donors (Lipinski definition) is 0. The van der Waals surface area contributed by atoms with Crippen LogP contribution in [0.25, 0.3) is 0 Å². The van der Waals surface area contributed by atoms with Gasteiger partial charge < -0.3 is 18.9 Å². The third kappa shape index (κ3) is 7.92. The zero-order valence-corrected chi connectivity index (χ0v) is 25.2. The Morgan fingerprint density at radius 2 is 0.956 bits per heavy atom. The highest BCUT2D eigenvalue weighted by atomic mass is 32.2. The molecule has 240 valence electrons. The Labute approximate surface area is 261 Å². The molecule has 3 aromatic carbocycles. The second-order valence-corrected chi connectivity index (χ2v) is 13.1. The summed E-state index contributed by atoms with van der Waals surface area (Å²) >= 11 is 0. The lowest BCUT2D eigenvalue weighted by molar-refractivity contribution is -0.276. The van der Waals surface area contributed by atoms with Crippen molar-refractivity contribution >= 4 is 10.9 Å². The van der Waals surface area contributed by atoms with Crippen LogP contribution in [-0.4, -0.2) is 23.9 Å². The first-order valence-corrected chi connectivity index (χ1v) is 15.8. The van der Waals surface area contributed by atoms with Crippen molar-refractivity contribution in [1.29, 1.82) is 0 Å². The third-order valence-corrected chi connectivity index (χ3v) is 10.2. The molecule has 11 heteroatoms. The van der Waals surface area contributed by atoms with Gasteiger partial charge in [-0.1, -0.05) is 31.4 Å². The molecule has 0 spiro atoms. The number of hydrogen-bond acceptors (Lipinski definition) is 4. The Hall–Kier alpha value is -3.73. The van der Waals surface area contributed by atoms with Gasteiger partial charge >= 0.3 is 12.7 Å². The topological polar surface area (TPSA) is 36.9 Å². The van der Waals surface area contributed by atoms with Gasteiger partial charge in [0.1, 0.15) is 11.2 Å². The molecule has 0 heterocycles. The summed E-state index contributed by atoms with van der Waals surface area (Å²) in [6, 6.07) is 17.5. The van der Waals surface area contributed by atoms with Gasteiger partial charge in [0.25, 0.3) is 0 Å². The van der Waals surface area contributed by atoms with Crippen LogP contribution in [0.1, 0.15) is 51.4 Å². The average molecular weight is 652 g/mol. The van der Waals surface area contributed by atoms with E-state index in [0.29, 0.717) is 35.5 Å². The maximum absolute atomic E-state index is 13.4. The minimum absolute atomic E-state index is 0.106. The van der Waals surface area contributed by atoms with E-state index in [1.807, 2.05) is 30.3 Å². The van der Waals surface area contributed by atoms with Crippen LogP contribution in [0.2, 0.25) is 0 Å². The quantitative estimate of drug-likeness (QED) is 0.117. The Morgan fingerprint density at radius 1 is 0.556 bits per heavy atom. The molecule has 0 atom stereocenters. The van der Waals surface area contributed by atoms with Gasteiger partial charge in [0.2, 0.25) is 0 Å². The zero-order valence-electron chi connectivity index (χ0n) is 24.4. The molecule has 0 aromatic heterocycles. The van der Waals surface area contributed by atoms with Crippen LogP contribution < -0.4 is 18.9 Å². The van der Waals surface area contributed by atoms with Crippen molar-refractivity contribution in [2.45, 2.75) is 90.0 Å². The van der Waals surface area contributed by atoms with Crippen molar-refractivity contribution in [3.05, 3.63) is 92.0 Å². The van der Waals surface area contributed by atoms with E-state index in [9.17, 15) is 26.3 Å². The summed E-state index contributed by atoms with van der Waals surface area (Å²) < 4.78 is 102. The standard InChI is InChI=1S/C34H33F6O4S/c1-3-31(18-8-9-19-31)41-29-22-25(14-16-27(29)43-33(35,36)37)45(24-12-6-5-7-13-24)26-15-17-28(44-34(38,39)40)30(23-26)42-32(4-2)20-10-11-21-32/h3-7,12-17,22-23H,1-2,8-11,18-21H2/q+1. The fraction of sp³-hybridized carbons (Fsp3) is 0.353. The lowest BCUT2D eigenvalue weighted by Crippen LogP contribution is -2.30. The van der Waals surface area contributed by atoms with Gasteiger partial charge in [-0.15, -0.1) is 26.3 Å². The molecule has 2 aliphatic carbocycles. The van der Waals surface area contributed by atoms with Gasteiger partial charge in [-0.3, -0.25) is 0 Å². The Morgan fingerprint density at radius 3 is 1.31 bits per heavy atom. The second kappa shape index (κ2) is 12.9. The molecule has 0 bridgehead atoms. The van der Waals surface area contributed by atoms with Crippen LogP contribution in [0, 0.1) is 0 Å². The van der Waals surface area contributed by atoms with E-state index in [1.165, 1.54) is 36.4 Å². The summed E-state index contributed by atoms with van der Waals surface area (Å²) in [6.45, 7) is 7.73. The molecule has 0 N–H and O–H groups in total. The van der Waals surface area contributed by atoms with Crippen molar-refractivity contribution in [3.63, 3.8) is 0 Å². The molecule has 3 aromatic rings. The summed E-state index contributed by atoms with van der Waals surface area (Å²) in [5.74, 6) is -1.21. The van der Waals surface area contributed by atoms with E-state index in [4.69, 9.17) is 9.47 Å². The van der Waals surface area contributed by atoms with E-state index in [0.717, 1.165) is 30.6 Å². The van der Waals surface area contributed by atoms with Crippen LogP contribution in [0.4, 0.5) is 26.3 Å². The predicted octanol–water partition coefficient (Wildman–Crippen LogP) is 10.3. The van der Waals surface area contributed by atoms with Crippen molar-refractivity contribution in [1.82, 2.24) is 0 Å². The Kier molecular flexibility index (Phi) is 9.39. The normalized spacial score (nSPS) is 17.6. The number of rotatable bonds is 11. The first-order valence-electron chi connectivity index (χ1n) is 14.6. The summed E-state index contributed by atoms with van der Waals surface area (Å²) in [5.41, 5.74) is -1.71. The van der Waals surface area contributed by atoms with E-state index < -0.39 is 46.3 Å². The van der Waals surface area contributed by atoms with Crippen LogP contribution >= 0.6 is 0 Å². The minimum Gasteiger partial charge on any atom is -0.479 e. The molecule has 5 rings (SSSR count). The van der Waals surface area contributed by atoms with Crippen molar-refractivity contribution in [3.8, 4) is 23.0 Å². The summed E-state index contributed by atoms with van der Waals surface area (Å²) in [5, 5.41) is 0.